The molecule has 0 aliphatic heterocycles. The second kappa shape index (κ2) is 11.2. The van der Waals surface area contributed by atoms with Crippen molar-refractivity contribution in [2.75, 3.05) is 33.8 Å². The molecule has 1 unspecified atom stereocenters. The number of hydrogen-bond donors (Lipinski definition) is 2. The number of nitrogens with one attached hydrogen (secondary N) is 2. The fourth-order valence-electron chi connectivity index (χ4n) is 3.06. The van der Waals surface area contributed by atoms with Gasteiger partial charge in [-0.1, -0.05) is 50.2 Å². The molecule has 2 rings (SSSR count). The number of pyridine rings is 1. The highest BCUT2D eigenvalue weighted by Crippen LogP contribution is 2.19. The van der Waals surface area contributed by atoms with Gasteiger partial charge in [0.2, 0.25) is 5.88 Å². The van der Waals surface area contributed by atoms with Crippen LogP contribution in [0.15, 0.2) is 53.5 Å². The molecule has 0 saturated carbocycles. The van der Waals surface area contributed by atoms with Crippen molar-refractivity contribution < 1.29 is 4.74 Å². The first-order chi connectivity index (χ1) is 13.2. The topological polar surface area (TPSA) is 61.8 Å². The summed E-state index contributed by atoms with van der Waals surface area (Å²) in [4.78, 5) is 11.2. The van der Waals surface area contributed by atoms with Gasteiger partial charge in [0, 0.05) is 19.7 Å². The van der Waals surface area contributed by atoms with Crippen LogP contribution in [0, 0.1) is 0 Å². The van der Waals surface area contributed by atoms with Crippen LogP contribution in [0.2, 0.25) is 0 Å². The molecular formula is C21H31N5O. The van der Waals surface area contributed by atoms with E-state index in [1.165, 1.54) is 5.56 Å². The second-order valence-corrected chi connectivity index (χ2v) is 6.13. The number of aliphatic imine (C=N–C) groups is 1. The quantitative estimate of drug-likeness (QED) is 0.526. The standard InChI is InChI=1S/C21H31N5O/c1-5-26(6-2)19(17-11-8-7-9-12-17)16-24-21(22-3)23-15-18-13-10-14-20(25-18)27-4/h7-14,19H,5-6,15-16H2,1-4H3,(H2,22,23,24). The number of hydrogen-bond acceptors (Lipinski definition) is 4. The van der Waals surface area contributed by atoms with Crippen LogP contribution in [0.3, 0.4) is 0 Å². The van der Waals surface area contributed by atoms with Gasteiger partial charge in [-0.15, -0.1) is 0 Å². The monoisotopic (exact) mass is 369 g/mol. The third kappa shape index (κ3) is 6.25. The van der Waals surface area contributed by atoms with Crippen LogP contribution in [-0.4, -0.2) is 49.6 Å². The van der Waals surface area contributed by atoms with E-state index < -0.39 is 0 Å². The van der Waals surface area contributed by atoms with Crippen LogP contribution < -0.4 is 15.4 Å². The Balaban J connectivity index is 1.99. The zero-order valence-corrected chi connectivity index (χ0v) is 16.8. The van der Waals surface area contributed by atoms with Crippen LogP contribution >= 0.6 is 0 Å². The van der Waals surface area contributed by atoms with Gasteiger partial charge in [-0.05, 0) is 24.7 Å². The average Bonchev–Trinajstić information content (AvgIpc) is 2.73. The van der Waals surface area contributed by atoms with E-state index in [4.69, 9.17) is 4.74 Å². The molecule has 1 aromatic heterocycles. The Morgan fingerprint density at radius 3 is 2.44 bits per heavy atom. The van der Waals surface area contributed by atoms with Crippen LogP contribution in [0.1, 0.15) is 31.1 Å². The first-order valence-corrected chi connectivity index (χ1v) is 9.45. The largest absolute Gasteiger partial charge is 0.481 e. The van der Waals surface area contributed by atoms with Crippen molar-refractivity contribution in [2.45, 2.75) is 26.4 Å². The van der Waals surface area contributed by atoms with Gasteiger partial charge in [-0.25, -0.2) is 4.98 Å². The maximum Gasteiger partial charge on any atom is 0.213 e. The summed E-state index contributed by atoms with van der Waals surface area (Å²) >= 11 is 0. The molecule has 1 aromatic carbocycles. The molecule has 6 heteroatoms. The Kier molecular flexibility index (Phi) is 8.58. The molecule has 6 nitrogen and oxygen atoms in total. The zero-order chi connectivity index (χ0) is 19.5. The smallest absolute Gasteiger partial charge is 0.213 e. The van der Waals surface area contributed by atoms with Crippen molar-refractivity contribution in [2.24, 2.45) is 4.99 Å². The molecule has 1 heterocycles. The van der Waals surface area contributed by atoms with Crippen molar-refractivity contribution in [3.05, 3.63) is 59.8 Å². The third-order valence-electron chi connectivity index (χ3n) is 4.55. The van der Waals surface area contributed by atoms with Crippen molar-refractivity contribution in [1.82, 2.24) is 20.5 Å². The Labute approximate surface area is 162 Å². The Hall–Kier alpha value is -2.60. The van der Waals surface area contributed by atoms with Gasteiger partial charge in [0.05, 0.1) is 25.4 Å². The van der Waals surface area contributed by atoms with Crippen LogP contribution in [-0.2, 0) is 6.54 Å². The van der Waals surface area contributed by atoms with Crippen molar-refractivity contribution in [3.8, 4) is 5.88 Å². The molecule has 27 heavy (non-hydrogen) atoms. The van der Waals surface area contributed by atoms with Gasteiger partial charge in [-0.2, -0.15) is 0 Å². The molecule has 0 amide bonds. The predicted octanol–water partition coefficient (Wildman–Crippen LogP) is 2.84. The maximum atomic E-state index is 5.18. The van der Waals surface area contributed by atoms with Gasteiger partial charge in [0.1, 0.15) is 0 Å². The van der Waals surface area contributed by atoms with Crippen LogP contribution in [0.5, 0.6) is 5.88 Å². The summed E-state index contributed by atoms with van der Waals surface area (Å²) in [5.74, 6) is 1.37. The number of benzene rings is 1. The summed E-state index contributed by atoms with van der Waals surface area (Å²) in [6, 6.07) is 16.6. The lowest BCUT2D eigenvalue weighted by atomic mass is 10.1. The summed E-state index contributed by atoms with van der Waals surface area (Å²) in [7, 11) is 3.40. The molecule has 0 aliphatic carbocycles. The molecular weight excluding hydrogens is 338 g/mol. The van der Waals surface area contributed by atoms with Crippen LogP contribution in [0.25, 0.3) is 0 Å². The molecule has 2 aromatic rings. The number of aromatic nitrogens is 1. The highest BCUT2D eigenvalue weighted by atomic mass is 16.5. The first-order valence-electron chi connectivity index (χ1n) is 9.45. The highest BCUT2D eigenvalue weighted by molar-refractivity contribution is 5.79. The molecule has 1 atom stereocenters. The number of rotatable bonds is 9. The summed E-state index contributed by atoms with van der Waals surface area (Å²) in [6.07, 6.45) is 0. The maximum absolute atomic E-state index is 5.18. The first kappa shape index (κ1) is 20.7. The number of likely N-dealkylation sites (N-methyl/N-ethyl adjacent to an activating group) is 1. The lowest BCUT2D eigenvalue weighted by Crippen LogP contribution is -2.43. The number of ether oxygens (including phenoxy) is 1. The van der Waals surface area contributed by atoms with E-state index in [2.05, 4.69) is 69.7 Å². The van der Waals surface area contributed by atoms with E-state index in [0.29, 0.717) is 12.4 Å². The van der Waals surface area contributed by atoms with Gasteiger partial charge in [0.25, 0.3) is 0 Å². The molecule has 146 valence electrons. The highest BCUT2D eigenvalue weighted by Gasteiger charge is 2.18. The number of methoxy groups -OCH3 is 1. The molecule has 0 spiro atoms. The normalized spacial score (nSPS) is 12.7. The van der Waals surface area contributed by atoms with Crippen molar-refractivity contribution in [1.29, 1.82) is 0 Å². The third-order valence-corrected chi connectivity index (χ3v) is 4.55. The Bertz CT molecular complexity index is 701. The molecule has 0 saturated heterocycles. The number of nitrogens with zero attached hydrogens (tertiary/aromatic N) is 3. The summed E-state index contributed by atoms with van der Waals surface area (Å²) < 4.78 is 5.18. The fraction of sp³-hybridized carbons (Fsp3) is 0.429. The minimum atomic E-state index is 0.287. The minimum Gasteiger partial charge on any atom is -0.481 e. The van der Waals surface area contributed by atoms with E-state index in [-0.39, 0.29) is 6.04 Å². The summed E-state index contributed by atoms with van der Waals surface area (Å²) in [6.45, 7) is 7.74. The lowest BCUT2D eigenvalue weighted by molar-refractivity contribution is 0.219. The summed E-state index contributed by atoms with van der Waals surface area (Å²) in [5, 5.41) is 6.78. The molecule has 0 bridgehead atoms. The van der Waals surface area contributed by atoms with Gasteiger partial charge in [-0.3, -0.25) is 9.89 Å². The SMILES string of the molecule is CCN(CC)C(CNC(=NC)NCc1cccc(OC)n1)c1ccccc1. The van der Waals surface area contributed by atoms with E-state index in [9.17, 15) is 0 Å². The van der Waals surface area contributed by atoms with E-state index in [1.54, 1.807) is 14.2 Å². The second-order valence-electron chi connectivity index (χ2n) is 6.13. The predicted molar refractivity (Wildman–Crippen MR) is 111 cm³/mol. The van der Waals surface area contributed by atoms with Gasteiger partial charge in [0.15, 0.2) is 5.96 Å². The Morgan fingerprint density at radius 2 is 1.81 bits per heavy atom. The number of guanidine groups is 1. The fourth-order valence-corrected chi connectivity index (χ4v) is 3.06. The molecule has 2 N–H and O–H groups in total. The summed E-state index contributed by atoms with van der Waals surface area (Å²) in [5.41, 5.74) is 2.21. The van der Waals surface area contributed by atoms with E-state index in [0.717, 1.165) is 31.3 Å². The van der Waals surface area contributed by atoms with Gasteiger partial charge < -0.3 is 15.4 Å². The van der Waals surface area contributed by atoms with Gasteiger partial charge >= 0.3 is 0 Å². The van der Waals surface area contributed by atoms with Crippen LogP contribution in [0.4, 0.5) is 0 Å². The average molecular weight is 370 g/mol. The molecule has 0 aliphatic rings. The minimum absolute atomic E-state index is 0.287. The molecule has 0 radical (unpaired) electrons. The van der Waals surface area contributed by atoms with E-state index >= 15 is 0 Å². The van der Waals surface area contributed by atoms with E-state index in [1.807, 2.05) is 18.2 Å². The Morgan fingerprint density at radius 1 is 1.07 bits per heavy atom. The lowest BCUT2D eigenvalue weighted by Gasteiger charge is -2.30. The van der Waals surface area contributed by atoms with Crippen molar-refractivity contribution in [3.63, 3.8) is 0 Å². The van der Waals surface area contributed by atoms with Crippen molar-refractivity contribution >= 4 is 5.96 Å². The zero-order valence-electron chi connectivity index (χ0n) is 16.8. The molecule has 0 fully saturated rings.